The van der Waals surface area contributed by atoms with Crippen molar-refractivity contribution in [2.24, 2.45) is 0 Å². The summed E-state index contributed by atoms with van der Waals surface area (Å²) in [6.45, 7) is 4.54. The number of benzene rings is 2. The Morgan fingerprint density at radius 2 is 1.64 bits per heavy atom. The summed E-state index contributed by atoms with van der Waals surface area (Å²) in [5.74, 6) is 1.37. The molecule has 0 bridgehead atoms. The molecule has 0 aliphatic heterocycles. The first kappa shape index (κ1) is 15.9. The molecular weight excluding hydrogens is 278 g/mol. The van der Waals surface area contributed by atoms with Crippen molar-refractivity contribution in [2.75, 3.05) is 13.2 Å². The van der Waals surface area contributed by atoms with E-state index in [4.69, 9.17) is 9.47 Å². The Kier molecular flexibility index (Phi) is 5.83. The maximum Gasteiger partial charge on any atom is 0.258 e. The third kappa shape index (κ3) is 4.81. The highest BCUT2D eigenvalue weighted by Crippen LogP contribution is 2.17. The van der Waals surface area contributed by atoms with Gasteiger partial charge < -0.3 is 14.8 Å². The van der Waals surface area contributed by atoms with Crippen LogP contribution in [0.2, 0.25) is 0 Å². The second-order valence-corrected chi connectivity index (χ2v) is 4.89. The van der Waals surface area contributed by atoms with E-state index in [1.807, 2.05) is 68.4 Å². The summed E-state index contributed by atoms with van der Waals surface area (Å²) in [7, 11) is 0. The number of carbonyl (C=O) groups excluding carboxylic acids is 1. The highest BCUT2D eigenvalue weighted by atomic mass is 16.5. The van der Waals surface area contributed by atoms with Gasteiger partial charge in [0.1, 0.15) is 11.5 Å². The number of ether oxygens (including phenoxy) is 2. The second-order valence-electron chi connectivity index (χ2n) is 4.89. The number of amides is 1. The maximum atomic E-state index is 11.9. The molecule has 0 aliphatic carbocycles. The topological polar surface area (TPSA) is 47.6 Å². The van der Waals surface area contributed by atoms with Crippen LogP contribution in [0, 0.1) is 0 Å². The average Bonchev–Trinajstić information content (AvgIpc) is 2.55. The normalized spacial score (nSPS) is 11.5. The number of hydrogen-bond donors (Lipinski definition) is 1. The molecule has 0 radical (unpaired) electrons. The summed E-state index contributed by atoms with van der Waals surface area (Å²) in [5, 5.41) is 2.91. The number of carbonyl (C=O) groups is 1. The highest BCUT2D eigenvalue weighted by Gasteiger charge is 2.10. The number of para-hydroxylation sites is 1. The lowest BCUT2D eigenvalue weighted by molar-refractivity contribution is -0.123. The molecule has 0 saturated carbocycles. The quantitative estimate of drug-likeness (QED) is 0.853. The molecule has 0 spiro atoms. The summed E-state index contributed by atoms with van der Waals surface area (Å²) in [6.07, 6.45) is 0. The third-order valence-corrected chi connectivity index (χ3v) is 3.18. The molecule has 2 rings (SSSR count). The summed E-state index contributed by atoms with van der Waals surface area (Å²) in [5.41, 5.74) is 1.02. The Morgan fingerprint density at radius 3 is 2.27 bits per heavy atom. The molecule has 1 atom stereocenters. The summed E-state index contributed by atoms with van der Waals surface area (Å²) >= 11 is 0. The molecule has 4 heteroatoms. The zero-order valence-electron chi connectivity index (χ0n) is 12.9. The molecule has 4 nitrogen and oxygen atoms in total. The fraction of sp³-hybridized carbons (Fsp3) is 0.278. The molecule has 116 valence electrons. The zero-order chi connectivity index (χ0) is 15.8. The first-order chi connectivity index (χ1) is 10.7. The first-order valence-electron chi connectivity index (χ1n) is 7.39. The Hall–Kier alpha value is -2.49. The summed E-state index contributed by atoms with van der Waals surface area (Å²) in [6, 6.07) is 16.9. The van der Waals surface area contributed by atoms with E-state index in [1.54, 1.807) is 0 Å². The van der Waals surface area contributed by atoms with Crippen LogP contribution in [0.15, 0.2) is 54.6 Å². The van der Waals surface area contributed by atoms with Gasteiger partial charge >= 0.3 is 0 Å². The van der Waals surface area contributed by atoms with Gasteiger partial charge in [-0.1, -0.05) is 30.3 Å². The smallest absolute Gasteiger partial charge is 0.258 e. The van der Waals surface area contributed by atoms with E-state index in [1.165, 1.54) is 0 Å². The zero-order valence-corrected chi connectivity index (χ0v) is 12.9. The number of rotatable bonds is 7. The first-order valence-corrected chi connectivity index (χ1v) is 7.39. The van der Waals surface area contributed by atoms with Gasteiger partial charge in [-0.25, -0.2) is 0 Å². The van der Waals surface area contributed by atoms with Crippen molar-refractivity contribution in [1.82, 2.24) is 5.32 Å². The van der Waals surface area contributed by atoms with Gasteiger partial charge in [0.15, 0.2) is 6.61 Å². The number of nitrogens with one attached hydrogen (secondary N) is 1. The summed E-state index contributed by atoms with van der Waals surface area (Å²) < 4.78 is 10.8. The van der Waals surface area contributed by atoms with Crippen LogP contribution < -0.4 is 14.8 Å². The Labute approximate surface area is 131 Å². The van der Waals surface area contributed by atoms with E-state index in [2.05, 4.69) is 5.32 Å². The Bertz CT molecular complexity index is 581. The molecule has 0 aliphatic rings. The standard InChI is InChI=1S/C18H21NO3/c1-3-21-17-11-9-15(10-12-17)14(2)19-18(20)13-22-16-7-5-4-6-8-16/h4-12,14H,3,13H2,1-2H3,(H,19,20)/t14-/m0/s1. The van der Waals surface area contributed by atoms with Crippen molar-refractivity contribution in [3.05, 3.63) is 60.2 Å². The molecular formula is C18H21NO3. The number of hydrogen-bond acceptors (Lipinski definition) is 3. The van der Waals surface area contributed by atoms with Crippen LogP contribution in [-0.2, 0) is 4.79 Å². The lowest BCUT2D eigenvalue weighted by Crippen LogP contribution is -2.31. The Balaban J connectivity index is 1.82. The van der Waals surface area contributed by atoms with Crippen molar-refractivity contribution < 1.29 is 14.3 Å². The Morgan fingerprint density at radius 1 is 1.00 bits per heavy atom. The van der Waals surface area contributed by atoms with Gasteiger partial charge in [0, 0.05) is 0 Å². The molecule has 22 heavy (non-hydrogen) atoms. The molecule has 1 amide bonds. The van der Waals surface area contributed by atoms with E-state index in [0.717, 1.165) is 11.3 Å². The van der Waals surface area contributed by atoms with Crippen LogP contribution in [-0.4, -0.2) is 19.1 Å². The SMILES string of the molecule is CCOc1ccc([C@H](C)NC(=O)COc2ccccc2)cc1. The van der Waals surface area contributed by atoms with Crippen molar-refractivity contribution in [1.29, 1.82) is 0 Å². The van der Waals surface area contributed by atoms with Crippen LogP contribution in [0.4, 0.5) is 0 Å². The van der Waals surface area contributed by atoms with E-state index in [-0.39, 0.29) is 18.6 Å². The molecule has 0 saturated heterocycles. The highest BCUT2D eigenvalue weighted by molar-refractivity contribution is 5.78. The van der Waals surface area contributed by atoms with Gasteiger partial charge in [-0.15, -0.1) is 0 Å². The molecule has 1 N–H and O–H groups in total. The molecule has 0 heterocycles. The second kappa shape index (κ2) is 8.08. The third-order valence-electron chi connectivity index (χ3n) is 3.18. The van der Waals surface area contributed by atoms with Gasteiger partial charge in [-0.05, 0) is 43.7 Å². The average molecular weight is 299 g/mol. The van der Waals surface area contributed by atoms with E-state index in [9.17, 15) is 4.79 Å². The predicted octanol–water partition coefficient (Wildman–Crippen LogP) is 3.34. The molecule has 0 fully saturated rings. The summed E-state index contributed by atoms with van der Waals surface area (Å²) in [4.78, 5) is 11.9. The minimum atomic E-state index is -0.148. The minimum Gasteiger partial charge on any atom is -0.494 e. The maximum absolute atomic E-state index is 11.9. The molecule has 2 aromatic carbocycles. The van der Waals surface area contributed by atoms with E-state index in [0.29, 0.717) is 12.4 Å². The van der Waals surface area contributed by atoms with Gasteiger partial charge in [-0.3, -0.25) is 4.79 Å². The van der Waals surface area contributed by atoms with Gasteiger partial charge in [0.05, 0.1) is 12.6 Å². The van der Waals surface area contributed by atoms with Crippen molar-refractivity contribution in [2.45, 2.75) is 19.9 Å². The van der Waals surface area contributed by atoms with E-state index < -0.39 is 0 Å². The monoisotopic (exact) mass is 299 g/mol. The van der Waals surface area contributed by atoms with Crippen molar-refractivity contribution in [3.8, 4) is 11.5 Å². The predicted molar refractivity (Wildman–Crippen MR) is 86.1 cm³/mol. The lowest BCUT2D eigenvalue weighted by atomic mass is 10.1. The van der Waals surface area contributed by atoms with Crippen LogP contribution in [0.25, 0.3) is 0 Å². The fourth-order valence-electron chi connectivity index (χ4n) is 2.05. The van der Waals surface area contributed by atoms with Crippen LogP contribution in [0.5, 0.6) is 11.5 Å². The fourth-order valence-corrected chi connectivity index (χ4v) is 2.05. The molecule has 0 unspecified atom stereocenters. The van der Waals surface area contributed by atoms with Gasteiger partial charge in [0.2, 0.25) is 0 Å². The van der Waals surface area contributed by atoms with Crippen LogP contribution in [0.1, 0.15) is 25.5 Å². The van der Waals surface area contributed by atoms with Crippen LogP contribution >= 0.6 is 0 Å². The molecule has 2 aromatic rings. The largest absolute Gasteiger partial charge is 0.494 e. The van der Waals surface area contributed by atoms with Gasteiger partial charge in [-0.2, -0.15) is 0 Å². The lowest BCUT2D eigenvalue weighted by Gasteiger charge is -2.15. The molecule has 0 aromatic heterocycles. The van der Waals surface area contributed by atoms with Crippen LogP contribution in [0.3, 0.4) is 0 Å². The van der Waals surface area contributed by atoms with Gasteiger partial charge in [0.25, 0.3) is 5.91 Å². The minimum absolute atomic E-state index is 0.00534. The van der Waals surface area contributed by atoms with Crippen molar-refractivity contribution >= 4 is 5.91 Å². The van der Waals surface area contributed by atoms with E-state index >= 15 is 0 Å². The van der Waals surface area contributed by atoms with Crippen molar-refractivity contribution in [3.63, 3.8) is 0 Å².